The molecule has 3 heteroatoms. The first-order valence-electron chi connectivity index (χ1n) is 6.96. The Morgan fingerprint density at radius 1 is 1.05 bits per heavy atom. The van der Waals surface area contributed by atoms with Crippen molar-refractivity contribution in [2.24, 2.45) is 0 Å². The van der Waals surface area contributed by atoms with E-state index in [9.17, 15) is 0 Å². The van der Waals surface area contributed by atoms with Crippen molar-refractivity contribution < 1.29 is 4.74 Å². The summed E-state index contributed by atoms with van der Waals surface area (Å²) in [5.74, 6) is 0.837. The number of hydrogen-bond acceptors (Lipinski definition) is 3. The average molecular weight is 274 g/mol. The fourth-order valence-electron chi connectivity index (χ4n) is 1.31. The van der Waals surface area contributed by atoms with Gasteiger partial charge in [0.25, 0.3) is 0 Å². The van der Waals surface area contributed by atoms with Crippen LogP contribution in [0.4, 0.5) is 5.69 Å². The van der Waals surface area contributed by atoms with Gasteiger partial charge >= 0.3 is 0 Å². The van der Waals surface area contributed by atoms with Crippen molar-refractivity contribution in [3.05, 3.63) is 53.9 Å². The van der Waals surface area contributed by atoms with Gasteiger partial charge in [-0.2, -0.15) is 0 Å². The van der Waals surface area contributed by atoms with Gasteiger partial charge < -0.3 is 10.5 Å². The third-order valence-corrected chi connectivity index (χ3v) is 2.50. The smallest absolute Gasteiger partial charge is 0.119 e. The van der Waals surface area contributed by atoms with Crippen molar-refractivity contribution in [1.29, 1.82) is 0 Å². The lowest BCUT2D eigenvalue weighted by Gasteiger charge is -1.97. The summed E-state index contributed by atoms with van der Waals surface area (Å²) in [5.41, 5.74) is 8.58. The fraction of sp³-hybridized carbons (Fsp3) is 0.353. The Hall–Kier alpha value is -2.03. The molecule has 2 aromatic rings. The molecular formula is C17H26N2O. The highest BCUT2D eigenvalue weighted by Gasteiger charge is 1.86. The van der Waals surface area contributed by atoms with Gasteiger partial charge in [0.2, 0.25) is 0 Å². The van der Waals surface area contributed by atoms with Crippen molar-refractivity contribution in [3.63, 3.8) is 0 Å². The number of nitrogens with two attached hydrogens (primary N) is 1. The number of aryl methyl sites for hydroxylation is 2. The topological polar surface area (TPSA) is 48.1 Å². The summed E-state index contributed by atoms with van der Waals surface area (Å²) in [7, 11) is 1.63. The van der Waals surface area contributed by atoms with Gasteiger partial charge in [0.05, 0.1) is 7.11 Å². The van der Waals surface area contributed by atoms with Crippen molar-refractivity contribution in [2.45, 2.75) is 34.1 Å². The zero-order valence-electron chi connectivity index (χ0n) is 13.2. The monoisotopic (exact) mass is 274 g/mol. The van der Waals surface area contributed by atoms with Gasteiger partial charge in [0, 0.05) is 17.6 Å². The van der Waals surface area contributed by atoms with Crippen molar-refractivity contribution >= 4 is 5.69 Å². The number of nitrogen functional groups attached to an aromatic ring is 1. The van der Waals surface area contributed by atoms with Crippen molar-refractivity contribution in [3.8, 4) is 5.75 Å². The molecule has 1 aromatic carbocycles. The Morgan fingerprint density at radius 3 is 2.05 bits per heavy atom. The first kappa shape index (κ1) is 18.0. The molecule has 3 nitrogen and oxygen atoms in total. The number of benzene rings is 1. The summed E-state index contributed by atoms with van der Waals surface area (Å²) in [6.45, 7) is 8.13. The van der Waals surface area contributed by atoms with Gasteiger partial charge in [-0.1, -0.05) is 26.8 Å². The molecule has 0 amide bonds. The van der Waals surface area contributed by atoms with Gasteiger partial charge in [-0.15, -0.1) is 0 Å². The molecule has 0 spiro atoms. The number of nitrogens with zero attached hydrogens (tertiary/aromatic N) is 1. The van der Waals surface area contributed by atoms with E-state index in [-0.39, 0.29) is 0 Å². The minimum absolute atomic E-state index is 0.760. The molecule has 1 aromatic heterocycles. The molecule has 2 N–H and O–H groups in total. The van der Waals surface area contributed by atoms with Gasteiger partial charge in [-0.25, -0.2) is 0 Å². The Labute approximate surface area is 122 Å². The summed E-state index contributed by atoms with van der Waals surface area (Å²) in [5, 5.41) is 0. The molecule has 0 radical (unpaired) electrons. The van der Waals surface area contributed by atoms with E-state index in [1.54, 1.807) is 19.2 Å². The van der Waals surface area contributed by atoms with Gasteiger partial charge in [0.1, 0.15) is 5.75 Å². The molecule has 0 saturated heterocycles. The maximum absolute atomic E-state index is 5.43. The average Bonchev–Trinajstić information content (AvgIpc) is 2.51. The molecule has 0 bridgehead atoms. The van der Waals surface area contributed by atoms with Crippen LogP contribution in [0, 0.1) is 6.92 Å². The summed E-state index contributed by atoms with van der Waals surface area (Å²) < 4.78 is 4.91. The first-order valence-corrected chi connectivity index (χ1v) is 6.96. The summed E-state index contributed by atoms with van der Waals surface area (Å²) in [4.78, 5) is 4.15. The Morgan fingerprint density at radius 2 is 1.65 bits per heavy atom. The van der Waals surface area contributed by atoms with E-state index in [0.29, 0.717) is 0 Å². The Balaban J connectivity index is 0.000000321. The largest absolute Gasteiger partial charge is 0.497 e. The minimum atomic E-state index is 0.760. The molecule has 0 fully saturated rings. The molecule has 0 aliphatic heterocycles. The molecule has 110 valence electrons. The third kappa shape index (κ3) is 7.41. The lowest BCUT2D eigenvalue weighted by atomic mass is 10.2. The van der Waals surface area contributed by atoms with Crippen LogP contribution in [0.3, 0.4) is 0 Å². The normalized spacial score (nSPS) is 8.65. The van der Waals surface area contributed by atoms with Gasteiger partial charge in [0.15, 0.2) is 0 Å². The maximum Gasteiger partial charge on any atom is 0.119 e. The number of anilines is 1. The highest BCUT2D eigenvalue weighted by molar-refractivity contribution is 5.41. The summed E-state index contributed by atoms with van der Waals surface area (Å²) in [6, 6.07) is 11.4. The number of ether oxygens (including phenoxy) is 1. The molecular weight excluding hydrogens is 248 g/mol. The van der Waals surface area contributed by atoms with E-state index in [4.69, 9.17) is 10.5 Å². The molecule has 0 saturated carbocycles. The van der Waals surface area contributed by atoms with Crippen LogP contribution < -0.4 is 10.5 Å². The van der Waals surface area contributed by atoms with E-state index in [0.717, 1.165) is 23.6 Å². The van der Waals surface area contributed by atoms with E-state index < -0.39 is 0 Å². The molecule has 0 aliphatic rings. The second kappa shape index (κ2) is 10.9. The van der Waals surface area contributed by atoms with Crippen LogP contribution in [0.25, 0.3) is 0 Å². The molecule has 2 rings (SSSR count). The number of pyridine rings is 1. The maximum atomic E-state index is 5.43. The van der Waals surface area contributed by atoms with Crippen LogP contribution >= 0.6 is 0 Å². The van der Waals surface area contributed by atoms with E-state index in [1.165, 1.54) is 5.56 Å². The zero-order chi connectivity index (χ0) is 15.4. The van der Waals surface area contributed by atoms with E-state index >= 15 is 0 Å². The van der Waals surface area contributed by atoms with E-state index in [1.807, 2.05) is 45.2 Å². The lowest BCUT2D eigenvalue weighted by Crippen LogP contribution is -1.84. The molecule has 20 heavy (non-hydrogen) atoms. The van der Waals surface area contributed by atoms with Crippen LogP contribution in [0.1, 0.15) is 32.0 Å². The van der Waals surface area contributed by atoms with Crippen LogP contribution in [0.2, 0.25) is 0 Å². The van der Waals surface area contributed by atoms with Crippen LogP contribution in [0.5, 0.6) is 5.75 Å². The third-order valence-electron chi connectivity index (χ3n) is 2.50. The molecule has 0 unspecified atom stereocenters. The standard InChI is InChI=1S/C8H11N.C7H9NO.C2H6/c1-3-8-5-4-7(2)9-6-8;1-9-7-4-2-6(8)3-5-7;1-2/h4-6H,3H2,1-2H3;2-5H,8H2,1H3;1-2H3. The molecule has 0 atom stereocenters. The molecule has 0 aliphatic carbocycles. The Kier molecular flexibility index (Phi) is 9.75. The van der Waals surface area contributed by atoms with Gasteiger partial charge in [-0.05, 0) is 49.2 Å². The predicted octanol–water partition coefficient (Wildman–Crippen LogP) is 4.26. The zero-order valence-corrected chi connectivity index (χ0v) is 13.2. The number of methoxy groups -OCH3 is 1. The number of aromatic nitrogens is 1. The minimum Gasteiger partial charge on any atom is -0.497 e. The first-order chi connectivity index (χ1) is 9.65. The highest BCUT2D eigenvalue weighted by atomic mass is 16.5. The Bertz CT molecular complexity index is 404. The lowest BCUT2D eigenvalue weighted by molar-refractivity contribution is 0.415. The number of rotatable bonds is 2. The van der Waals surface area contributed by atoms with E-state index in [2.05, 4.69) is 18.0 Å². The summed E-state index contributed by atoms with van der Waals surface area (Å²) >= 11 is 0. The van der Waals surface area contributed by atoms with Gasteiger partial charge in [-0.3, -0.25) is 4.98 Å². The quantitative estimate of drug-likeness (QED) is 0.832. The fourth-order valence-corrected chi connectivity index (χ4v) is 1.31. The van der Waals surface area contributed by atoms with Crippen LogP contribution in [-0.4, -0.2) is 12.1 Å². The highest BCUT2D eigenvalue weighted by Crippen LogP contribution is 2.11. The second-order valence-corrected chi connectivity index (χ2v) is 3.93. The second-order valence-electron chi connectivity index (χ2n) is 3.93. The number of hydrogen-bond donors (Lipinski definition) is 1. The summed E-state index contributed by atoms with van der Waals surface area (Å²) in [6.07, 6.45) is 3.00. The van der Waals surface area contributed by atoms with Crippen molar-refractivity contribution in [1.82, 2.24) is 4.98 Å². The van der Waals surface area contributed by atoms with Crippen molar-refractivity contribution in [2.75, 3.05) is 12.8 Å². The van der Waals surface area contributed by atoms with Crippen LogP contribution in [0.15, 0.2) is 42.6 Å². The predicted molar refractivity (Wildman–Crippen MR) is 87.1 cm³/mol. The molecule has 1 heterocycles. The SMILES string of the molecule is CC.CCc1ccc(C)nc1.COc1ccc(N)cc1. The van der Waals surface area contributed by atoms with Crippen LogP contribution in [-0.2, 0) is 6.42 Å².